The lowest BCUT2D eigenvalue weighted by Crippen LogP contribution is -2.45. The highest BCUT2D eigenvalue weighted by Gasteiger charge is 2.40. The first-order valence-electron chi connectivity index (χ1n) is 13.5. The Morgan fingerprint density at radius 3 is 2.73 bits per heavy atom. The molecule has 0 unspecified atom stereocenters. The molecule has 1 aliphatic carbocycles. The van der Waals surface area contributed by atoms with E-state index in [1.54, 1.807) is 23.1 Å². The molecular weight excluding hydrogens is 514 g/mol. The number of methoxy groups -OCH3 is 1. The minimum atomic E-state index is -0.488. The van der Waals surface area contributed by atoms with Gasteiger partial charge in [0.15, 0.2) is 23.8 Å². The third kappa shape index (κ3) is 5.18. The van der Waals surface area contributed by atoms with Gasteiger partial charge < -0.3 is 29.7 Å². The lowest BCUT2D eigenvalue weighted by molar-refractivity contribution is -0.123. The first kappa shape index (κ1) is 25.7. The number of carbonyl (C=O) groups is 3. The molecule has 1 fully saturated rings. The van der Waals surface area contributed by atoms with Gasteiger partial charge in [-0.3, -0.25) is 19.5 Å². The van der Waals surface area contributed by atoms with E-state index in [-0.39, 0.29) is 36.6 Å². The minimum absolute atomic E-state index is 0.168. The molecule has 0 saturated carbocycles. The van der Waals surface area contributed by atoms with E-state index in [0.29, 0.717) is 35.8 Å². The van der Waals surface area contributed by atoms with Crippen LogP contribution in [-0.2, 0) is 24.2 Å². The second-order valence-corrected chi connectivity index (χ2v) is 10.3. The van der Waals surface area contributed by atoms with Crippen LogP contribution in [0.15, 0.2) is 42.5 Å². The van der Waals surface area contributed by atoms with Gasteiger partial charge in [-0.1, -0.05) is 12.1 Å². The fraction of sp³-hybridized carbons (Fsp3) is 0.379. The summed E-state index contributed by atoms with van der Waals surface area (Å²) < 4.78 is 17.4. The number of aromatic nitrogens is 2. The van der Waals surface area contributed by atoms with E-state index >= 15 is 0 Å². The van der Waals surface area contributed by atoms with Gasteiger partial charge >= 0.3 is 0 Å². The molecule has 208 valence electrons. The van der Waals surface area contributed by atoms with E-state index in [1.807, 2.05) is 24.3 Å². The van der Waals surface area contributed by atoms with Crippen molar-refractivity contribution in [3.63, 3.8) is 0 Å². The number of nitrogens with one attached hydrogen (secondary N) is 3. The lowest BCUT2D eigenvalue weighted by Gasteiger charge is -2.21. The van der Waals surface area contributed by atoms with Gasteiger partial charge in [0.25, 0.3) is 17.7 Å². The van der Waals surface area contributed by atoms with Crippen LogP contribution in [0.5, 0.6) is 17.2 Å². The zero-order valence-electron chi connectivity index (χ0n) is 22.2. The second-order valence-electron chi connectivity index (χ2n) is 10.3. The molecule has 4 aliphatic rings. The van der Waals surface area contributed by atoms with Crippen LogP contribution in [0.25, 0.3) is 0 Å². The molecule has 11 nitrogen and oxygen atoms in total. The van der Waals surface area contributed by atoms with Crippen LogP contribution < -0.4 is 24.8 Å². The van der Waals surface area contributed by atoms with Crippen LogP contribution in [-0.4, -0.2) is 71.8 Å². The van der Waals surface area contributed by atoms with Crippen LogP contribution in [0, 0.1) is 0 Å². The molecule has 0 radical (unpaired) electrons. The van der Waals surface area contributed by atoms with Crippen molar-refractivity contribution in [1.29, 1.82) is 0 Å². The summed E-state index contributed by atoms with van der Waals surface area (Å²) in [5.74, 6) is 0.445. The molecule has 3 aromatic rings. The number of aryl methyl sites for hydroxylation is 1. The predicted octanol–water partition coefficient (Wildman–Crippen LogP) is 2.01. The molecule has 3 aliphatic heterocycles. The second kappa shape index (κ2) is 10.9. The highest BCUT2D eigenvalue weighted by Crippen LogP contribution is 2.29. The van der Waals surface area contributed by atoms with Crippen molar-refractivity contribution in [2.24, 2.45) is 0 Å². The maximum Gasteiger partial charge on any atom is 0.274 e. The molecule has 11 heteroatoms. The molecule has 3 N–H and O–H groups in total. The molecule has 1 aromatic heterocycles. The number of fused-ring (bicyclic) bond motifs is 8. The summed E-state index contributed by atoms with van der Waals surface area (Å²) in [5, 5.41) is 13.3. The Balaban J connectivity index is 1.29. The van der Waals surface area contributed by atoms with Gasteiger partial charge in [-0.15, -0.1) is 0 Å². The number of hydrogen-bond acceptors (Lipinski definition) is 7. The van der Waals surface area contributed by atoms with Crippen LogP contribution in [0.4, 0.5) is 0 Å². The quantitative estimate of drug-likeness (QED) is 0.448. The third-order valence-corrected chi connectivity index (χ3v) is 7.61. The highest BCUT2D eigenvalue weighted by atomic mass is 16.5. The fourth-order valence-electron chi connectivity index (χ4n) is 5.44. The van der Waals surface area contributed by atoms with Gasteiger partial charge in [-0.25, -0.2) is 0 Å². The topological polar surface area (TPSA) is 135 Å². The summed E-state index contributed by atoms with van der Waals surface area (Å²) >= 11 is 0. The number of amides is 3. The van der Waals surface area contributed by atoms with Gasteiger partial charge in [0.1, 0.15) is 11.9 Å². The van der Waals surface area contributed by atoms with Crippen molar-refractivity contribution in [2.45, 2.75) is 44.4 Å². The molecule has 4 heterocycles. The molecule has 4 bridgehead atoms. The Morgan fingerprint density at radius 1 is 1.07 bits per heavy atom. The Kier molecular flexibility index (Phi) is 7.02. The SMILES string of the molecule is COc1ccc2cc1OCC(=O)NCc1ccc(cc1)O[C@H]1CN(C(=O)c3n[nH]c4c3CCCC4)C[C@@H]1NC2=O. The van der Waals surface area contributed by atoms with Gasteiger partial charge in [-0.2, -0.15) is 5.10 Å². The number of H-pyrrole nitrogens is 1. The van der Waals surface area contributed by atoms with Gasteiger partial charge in [-0.05, 0) is 61.6 Å². The van der Waals surface area contributed by atoms with Gasteiger partial charge in [0.05, 0.1) is 19.7 Å². The Bertz CT molecular complexity index is 1440. The molecule has 2 atom stereocenters. The van der Waals surface area contributed by atoms with Crippen molar-refractivity contribution in [3.8, 4) is 17.2 Å². The average Bonchev–Trinajstić information content (AvgIpc) is 3.59. The van der Waals surface area contributed by atoms with E-state index in [4.69, 9.17) is 14.2 Å². The van der Waals surface area contributed by atoms with Gasteiger partial charge in [0.2, 0.25) is 0 Å². The van der Waals surface area contributed by atoms with Crippen molar-refractivity contribution >= 4 is 17.7 Å². The van der Waals surface area contributed by atoms with Crippen molar-refractivity contribution in [2.75, 3.05) is 26.8 Å². The number of benzene rings is 2. The number of nitrogens with zero attached hydrogens (tertiary/aromatic N) is 2. The zero-order chi connectivity index (χ0) is 27.6. The average molecular weight is 546 g/mol. The summed E-state index contributed by atoms with van der Waals surface area (Å²) in [6.45, 7) is 0.649. The minimum Gasteiger partial charge on any atom is -0.493 e. The largest absolute Gasteiger partial charge is 0.493 e. The maximum atomic E-state index is 13.6. The number of rotatable bonds is 2. The molecule has 1 saturated heterocycles. The van der Waals surface area contributed by atoms with Crippen molar-refractivity contribution in [1.82, 2.24) is 25.7 Å². The molecule has 7 rings (SSSR count). The van der Waals surface area contributed by atoms with E-state index in [1.165, 1.54) is 7.11 Å². The summed E-state index contributed by atoms with van der Waals surface area (Å²) in [7, 11) is 1.49. The van der Waals surface area contributed by atoms with Crippen LogP contribution in [0.1, 0.15) is 50.5 Å². The first-order valence-corrected chi connectivity index (χ1v) is 13.5. The number of aromatic amines is 1. The molecule has 0 spiro atoms. The highest BCUT2D eigenvalue weighted by molar-refractivity contribution is 5.96. The number of carbonyl (C=O) groups excluding carboxylic acids is 3. The molecule has 3 amide bonds. The van der Waals surface area contributed by atoms with Crippen molar-refractivity contribution < 1.29 is 28.6 Å². The molecule has 2 aromatic carbocycles. The van der Waals surface area contributed by atoms with Crippen molar-refractivity contribution in [3.05, 3.63) is 70.5 Å². The number of ether oxygens (including phenoxy) is 3. The van der Waals surface area contributed by atoms with Crippen LogP contribution >= 0.6 is 0 Å². The Hall–Kier alpha value is -4.54. The van der Waals surface area contributed by atoms with E-state index in [9.17, 15) is 14.4 Å². The van der Waals surface area contributed by atoms with E-state index < -0.39 is 12.1 Å². The fourth-order valence-corrected chi connectivity index (χ4v) is 5.44. The van der Waals surface area contributed by atoms with E-state index in [0.717, 1.165) is 42.5 Å². The maximum absolute atomic E-state index is 13.6. The molecular formula is C29H31N5O6. The zero-order valence-corrected chi connectivity index (χ0v) is 22.2. The third-order valence-electron chi connectivity index (χ3n) is 7.61. The number of likely N-dealkylation sites (tertiary alicyclic amines) is 1. The normalized spacial score (nSPS) is 20.8. The molecule has 40 heavy (non-hydrogen) atoms. The summed E-state index contributed by atoms with van der Waals surface area (Å²) in [4.78, 5) is 41.0. The number of hydrogen-bond donors (Lipinski definition) is 3. The lowest BCUT2D eigenvalue weighted by atomic mass is 9.95. The van der Waals surface area contributed by atoms with Gasteiger partial charge in [0, 0.05) is 29.9 Å². The standard InChI is InChI=1S/C29H31N5O6/c1-38-23-11-8-18-12-24(23)39-16-26(35)30-13-17-6-9-19(10-7-17)40-25-15-34(14-22(25)31-28(18)36)29(37)27-20-4-2-3-5-21(20)32-33-27/h6-12,22,25H,2-5,13-16H2,1H3,(H,30,35)(H,31,36)(H,32,33)/t22-,25-/m0/s1. The first-order chi connectivity index (χ1) is 19.5. The predicted molar refractivity (Wildman–Crippen MR) is 144 cm³/mol. The van der Waals surface area contributed by atoms with E-state index in [2.05, 4.69) is 20.8 Å². The van der Waals surface area contributed by atoms with Crippen LogP contribution in [0.3, 0.4) is 0 Å². The summed E-state index contributed by atoms with van der Waals surface area (Å²) in [6, 6.07) is 11.7. The monoisotopic (exact) mass is 545 g/mol. The Labute approximate surface area is 231 Å². The summed E-state index contributed by atoms with van der Waals surface area (Å²) in [6.07, 6.45) is 3.35. The smallest absolute Gasteiger partial charge is 0.274 e. The van der Waals surface area contributed by atoms with Crippen LogP contribution in [0.2, 0.25) is 0 Å². The summed E-state index contributed by atoms with van der Waals surface area (Å²) in [5.41, 5.74) is 3.71. The Morgan fingerprint density at radius 2 is 1.90 bits per heavy atom.